The van der Waals surface area contributed by atoms with Gasteiger partial charge in [0.05, 0.1) is 5.56 Å². The molecule has 0 amide bonds. The highest BCUT2D eigenvalue weighted by Gasteiger charge is 2.38. The van der Waals surface area contributed by atoms with Gasteiger partial charge in [0.2, 0.25) is 0 Å². The Hall–Kier alpha value is -6.40. The Morgan fingerprint density at radius 2 is 1.30 bits per heavy atom. The van der Waals surface area contributed by atoms with E-state index in [1.807, 2.05) is 42.5 Å². The number of thiophene rings is 1. The van der Waals surface area contributed by atoms with Crippen molar-refractivity contribution >= 4 is 57.1 Å². The summed E-state index contributed by atoms with van der Waals surface area (Å²) in [6.45, 7) is 10.9. The Morgan fingerprint density at radius 3 is 1.90 bits per heavy atom. The van der Waals surface area contributed by atoms with Crippen molar-refractivity contribution in [1.82, 2.24) is 0 Å². The minimum atomic E-state index is -1.22. The van der Waals surface area contributed by atoms with E-state index in [4.69, 9.17) is 4.42 Å². The lowest BCUT2D eigenvalue weighted by atomic mass is 9.82. The monoisotopic (exact) mass is 820 g/mol. The molecule has 0 saturated carbocycles. The molecule has 1 atom stereocenters. The zero-order valence-corrected chi connectivity index (χ0v) is 35.4. The number of benzene rings is 5. The Balaban J connectivity index is 1.03. The number of fused-ring (bicyclic) bond motifs is 7. The molecule has 2 aliphatic carbocycles. The number of thioether (sulfide) groups is 1. The van der Waals surface area contributed by atoms with Gasteiger partial charge in [0.15, 0.2) is 0 Å². The van der Waals surface area contributed by atoms with Gasteiger partial charge in [0.25, 0.3) is 0 Å². The predicted octanol–water partition coefficient (Wildman–Crippen LogP) is 13.6. The molecule has 294 valence electrons. The summed E-state index contributed by atoms with van der Waals surface area (Å²) in [7, 11) is 0. The van der Waals surface area contributed by atoms with Crippen LogP contribution >= 0.6 is 23.1 Å². The number of rotatable bonds is 7. The molecule has 10 rings (SSSR count). The van der Waals surface area contributed by atoms with E-state index in [2.05, 4.69) is 124 Å². The molecule has 1 aliphatic heterocycles. The third kappa shape index (κ3) is 5.83. The van der Waals surface area contributed by atoms with Crippen molar-refractivity contribution in [2.75, 3.05) is 4.90 Å². The van der Waals surface area contributed by atoms with Crippen LogP contribution in [0.15, 0.2) is 153 Å². The van der Waals surface area contributed by atoms with Gasteiger partial charge in [-0.25, -0.2) is 9.59 Å². The second kappa shape index (κ2) is 13.8. The van der Waals surface area contributed by atoms with E-state index in [1.165, 1.54) is 55.8 Å². The summed E-state index contributed by atoms with van der Waals surface area (Å²) in [4.78, 5) is 30.4. The second-order valence-corrected chi connectivity index (χ2v) is 19.2. The molecular weight excluding hydrogens is 781 g/mol. The van der Waals surface area contributed by atoms with Gasteiger partial charge in [-0.3, -0.25) is 0 Å². The van der Waals surface area contributed by atoms with E-state index in [1.54, 1.807) is 18.7 Å². The maximum atomic E-state index is 13.8. The number of hydrogen-bond donors (Lipinski definition) is 1. The number of hydrogen-bond acceptors (Lipinski definition) is 7. The summed E-state index contributed by atoms with van der Waals surface area (Å²) >= 11 is 3.08. The highest BCUT2D eigenvalue weighted by Crippen LogP contribution is 2.54. The molecule has 3 heterocycles. The molecule has 2 aromatic heterocycles. The van der Waals surface area contributed by atoms with Gasteiger partial charge in [0, 0.05) is 59.3 Å². The molecule has 7 aromatic rings. The first kappa shape index (κ1) is 37.8. The van der Waals surface area contributed by atoms with Gasteiger partial charge < -0.3 is 14.4 Å². The van der Waals surface area contributed by atoms with E-state index in [0.717, 1.165) is 37.1 Å². The molecule has 0 bridgehead atoms. The topological polar surface area (TPSA) is 94.5 Å². The van der Waals surface area contributed by atoms with Crippen LogP contribution in [-0.4, -0.2) is 11.1 Å². The summed E-state index contributed by atoms with van der Waals surface area (Å²) in [6, 6.07) is 44.8. The lowest BCUT2D eigenvalue weighted by Gasteiger charge is -2.29. The van der Waals surface area contributed by atoms with Crippen molar-refractivity contribution < 1.29 is 14.3 Å². The van der Waals surface area contributed by atoms with Crippen LogP contribution in [0.3, 0.4) is 0 Å². The van der Waals surface area contributed by atoms with Gasteiger partial charge in [-0.15, -0.1) is 23.1 Å². The van der Waals surface area contributed by atoms with Crippen molar-refractivity contribution in [2.24, 2.45) is 0 Å². The molecule has 1 unspecified atom stereocenters. The molecule has 0 saturated heterocycles. The highest BCUT2D eigenvalue weighted by molar-refractivity contribution is 8.03. The summed E-state index contributed by atoms with van der Waals surface area (Å²) in [5.41, 5.74) is 13.6. The first-order valence-electron chi connectivity index (χ1n) is 20.0. The van der Waals surface area contributed by atoms with Gasteiger partial charge >= 0.3 is 11.6 Å². The highest BCUT2D eigenvalue weighted by atomic mass is 32.2. The molecule has 1 N–H and O–H groups in total. The third-order valence-electron chi connectivity index (χ3n) is 12.7. The largest absolute Gasteiger partial charge is 0.477 e. The quantitative estimate of drug-likeness (QED) is 0.0972. The summed E-state index contributed by atoms with van der Waals surface area (Å²) in [6.07, 6.45) is 2.69. The molecule has 0 fully saturated rings. The maximum Gasteiger partial charge on any atom is 0.346 e. The average Bonchev–Trinajstić information content (AvgIpc) is 4.02. The molecule has 3 aliphatic rings. The predicted molar refractivity (Wildman–Crippen MR) is 245 cm³/mol. The van der Waals surface area contributed by atoms with E-state index in [0.29, 0.717) is 23.1 Å². The fourth-order valence-corrected chi connectivity index (χ4v) is 11.9. The van der Waals surface area contributed by atoms with Crippen LogP contribution < -0.4 is 10.5 Å². The second-order valence-electron chi connectivity index (χ2n) is 16.8. The standard InChI is InChI=1S/C52H40N2O4S2/c1-29(39(28-53)49(55)56)45-20-22-47(59-45)48-23-21-46(60-48)38-24-30-14-15-33(27-44(30)58-50(38)57)54(31-16-18-36-34-10-6-8-12-40(34)51(2,3)42(36)25-31)32-17-19-37-35-11-7-9-13-41(35)52(4,5)43(37)26-32/h6-21,23-27,47H,22H2,1-5H3,(H,55,56)/b39-29+. The molecule has 60 heavy (non-hydrogen) atoms. The summed E-state index contributed by atoms with van der Waals surface area (Å²) in [5, 5.41) is 19.7. The van der Waals surface area contributed by atoms with Crippen LogP contribution in [0, 0.1) is 11.3 Å². The summed E-state index contributed by atoms with van der Waals surface area (Å²) < 4.78 is 6.17. The Morgan fingerprint density at radius 1 is 0.733 bits per heavy atom. The van der Waals surface area contributed by atoms with Crippen molar-refractivity contribution in [1.29, 1.82) is 5.26 Å². The molecule has 0 spiro atoms. The van der Waals surface area contributed by atoms with Crippen LogP contribution in [0.25, 0.3) is 43.7 Å². The number of nitrogens with zero attached hydrogens (tertiary/aromatic N) is 2. The SMILES string of the molecule is C/C(C1=CCC(c2ccc(-c3cc4ccc(N(c5ccc6c(c5)C(C)(C)c5ccccc5-6)c5ccc6c(c5)C(C)(C)c5ccccc5-6)cc4oc3=O)s2)S1)=C(/C#N)C(=O)O. The van der Waals surface area contributed by atoms with Crippen LogP contribution in [0.4, 0.5) is 17.1 Å². The van der Waals surface area contributed by atoms with E-state index >= 15 is 0 Å². The maximum absolute atomic E-state index is 13.8. The van der Waals surface area contributed by atoms with Crippen molar-refractivity contribution in [3.63, 3.8) is 0 Å². The number of nitriles is 1. The van der Waals surface area contributed by atoms with Gasteiger partial charge in [-0.2, -0.15) is 5.26 Å². The number of allylic oxidation sites excluding steroid dienone is 2. The van der Waals surface area contributed by atoms with E-state index in [9.17, 15) is 20.0 Å². The number of carboxylic acid groups (broad SMARTS) is 1. The van der Waals surface area contributed by atoms with Crippen molar-refractivity contribution in [3.05, 3.63) is 181 Å². The van der Waals surface area contributed by atoms with E-state index in [-0.39, 0.29) is 21.7 Å². The van der Waals surface area contributed by atoms with Gasteiger partial charge in [-0.05, 0) is 118 Å². The average molecular weight is 821 g/mol. The smallest absolute Gasteiger partial charge is 0.346 e. The molecule has 0 radical (unpaired) electrons. The number of carboxylic acids is 1. The first-order valence-corrected chi connectivity index (χ1v) is 21.7. The lowest BCUT2D eigenvalue weighted by molar-refractivity contribution is -0.132. The van der Waals surface area contributed by atoms with Gasteiger partial charge in [-0.1, -0.05) is 94.4 Å². The van der Waals surface area contributed by atoms with Crippen LogP contribution in [0.5, 0.6) is 0 Å². The van der Waals surface area contributed by atoms with Crippen LogP contribution in [0.1, 0.15) is 73.4 Å². The van der Waals surface area contributed by atoms with Crippen molar-refractivity contribution in [3.8, 4) is 38.8 Å². The third-order valence-corrected chi connectivity index (χ3v) is 15.5. The molecule has 5 aromatic carbocycles. The zero-order valence-electron chi connectivity index (χ0n) is 33.8. The Bertz CT molecular complexity index is 3050. The molecular formula is C52H40N2O4S2. The Kier molecular flexibility index (Phi) is 8.73. The zero-order chi connectivity index (χ0) is 41.7. The fraction of sp³-hybridized carbons (Fsp3) is 0.173. The minimum Gasteiger partial charge on any atom is -0.477 e. The van der Waals surface area contributed by atoms with E-state index < -0.39 is 11.6 Å². The number of anilines is 3. The number of carbonyl (C=O) groups is 1. The van der Waals surface area contributed by atoms with Crippen LogP contribution in [-0.2, 0) is 15.6 Å². The lowest BCUT2D eigenvalue weighted by Crippen LogP contribution is -2.18. The number of aliphatic carboxylic acids is 1. The minimum absolute atomic E-state index is 0.0568. The summed E-state index contributed by atoms with van der Waals surface area (Å²) in [5.74, 6) is -1.22. The van der Waals surface area contributed by atoms with Gasteiger partial charge in [0.1, 0.15) is 17.2 Å². The fourth-order valence-electron chi connectivity index (χ4n) is 9.49. The first-order chi connectivity index (χ1) is 28.8. The normalized spacial score (nSPS) is 16.9. The molecule has 8 heteroatoms. The van der Waals surface area contributed by atoms with Crippen LogP contribution in [0.2, 0.25) is 0 Å². The molecule has 6 nitrogen and oxygen atoms in total. The van der Waals surface area contributed by atoms with Crippen molar-refractivity contribution in [2.45, 2.75) is 57.1 Å². The Labute approximate surface area is 356 Å².